The van der Waals surface area contributed by atoms with Crippen molar-refractivity contribution in [3.63, 3.8) is 0 Å². The third kappa shape index (κ3) is 5.26. The lowest BCUT2D eigenvalue weighted by Crippen LogP contribution is -2.27. The summed E-state index contributed by atoms with van der Waals surface area (Å²) < 4.78 is 12.4. The van der Waals surface area contributed by atoms with Crippen LogP contribution in [-0.2, 0) is 10.8 Å². The molecule has 0 aliphatic carbocycles. The van der Waals surface area contributed by atoms with Crippen molar-refractivity contribution in [3.05, 3.63) is 77.9 Å². The quantitative estimate of drug-likeness (QED) is 0.473. The van der Waals surface area contributed by atoms with E-state index in [2.05, 4.69) is 52.8 Å². The summed E-state index contributed by atoms with van der Waals surface area (Å²) in [6.07, 6.45) is 0. The Bertz CT molecular complexity index is 985. The molecule has 0 fully saturated rings. The Balaban J connectivity index is 1.92. The van der Waals surface area contributed by atoms with Gasteiger partial charge in [0.25, 0.3) is 0 Å². The van der Waals surface area contributed by atoms with Gasteiger partial charge in [0.15, 0.2) is 0 Å². The Hall–Kier alpha value is -3.14. The second-order valence-corrected chi connectivity index (χ2v) is 9.37. The van der Waals surface area contributed by atoms with Gasteiger partial charge in [-0.05, 0) is 65.6 Å². The minimum Gasteiger partial charge on any atom is -0.493 e. The van der Waals surface area contributed by atoms with Crippen LogP contribution < -0.4 is 20.9 Å². The van der Waals surface area contributed by atoms with Crippen LogP contribution in [0.4, 0.5) is 11.4 Å². The minimum absolute atomic E-state index is 0.0162. The topological polar surface area (TPSA) is 70.5 Å². The number of benzene rings is 3. The van der Waals surface area contributed by atoms with Crippen LogP contribution in [0.2, 0.25) is 0 Å². The van der Waals surface area contributed by atoms with Crippen LogP contribution in [-0.4, -0.2) is 6.61 Å². The fourth-order valence-electron chi connectivity index (χ4n) is 3.20. The Labute approximate surface area is 179 Å². The highest BCUT2D eigenvalue weighted by Crippen LogP contribution is 2.38. The maximum absolute atomic E-state index is 6.33. The summed E-state index contributed by atoms with van der Waals surface area (Å²) in [6.45, 7) is 11.4. The first-order valence-electron chi connectivity index (χ1n) is 10.2. The van der Waals surface area contributed by atoms with Crippen molar-refractivity contribution in [3.8, 4) is 17.2 Å². The summed E-state index contributed by atoms with van der Waals surface area (Å²) in [5.74, 6) is 2.38. The van der Waals surface area contributed by atoms with Gasteiger partial charge in [0.2, 0.25) is 0 Å². The lowest BCUT2D eigenvalue weighted by Gasteiger charge is -2.29. The van der Waals surface area contributed by atoms with Crippen LogP contribution >= 0.6 is 0 Å². The summed E-state index contributed by atoms with van der Waals surface area (Å²) in [4.78, 5) is 0. The van der Waals surface area contributed by atoms with Gasteiger partial charge in [-0.15, -0.1) is 0 Å². The highest BCUT2D eigenvalue weighted by molar-refractivity contribution is 5.48. The third-order valence-electron chi connectivity index (χ3n) is 5.16. The largest absolute Gasteiger partial charge is 0.493 e. The van der Waals surface area contributed by atoms with Gasteiger partial charge in [-0.1, -0.05) is 46.8 Å². The molecule has 4 nitrogen and oxygen atoms in total. The van der Waals surface area contributed by atoms with Crippen molar-refractivity contribution in [2.45, 2.75) is 45.4 Å². The van der Waals surface area contributed by atoms with Crippen molar-refractivity contribution in [2.75, 3.05) is 18.1 Å². The molecule has 158 valence electrons. The average Bonchev–Trinajstić information content (AvgIpc) is 2.68. The molecule has 0 amide bonds. The first kappa shape index (κ1) is 21.6. The molecule has 0 aliphatic rings. The molecule has 0 spiro atoms. The fourth-order valence-corrected chi connectivity index (χ4v) is 3.20. The standard InChI is InChI=1S/C26H32N2O2/c1-25(2,3)18-6-15-23(24(16-18)30-22-13-9-20(28)10-14-22)26(4,5)17-29-21-11-7-19(27)8-12-21/h6-16H,17,27-28H2,1-5H3. The molecular weight excluding hydrogens is 372 g/mol. The number of nitrogens with two attached hydrogens (primary N) is 2. The Morgan fingerprint density at radius 3 is 1.77 bits per heavy atom. The number of anilines is 2. The van der Waals surface area contributed by atoms with E-state index in [0.717, 1.165) is 28.5 Å². The zero-order valence-electron chi connectivity index (χ0n) is 18.5. The minimum atomic E-state index is -0.277. The predicted octanol–water partition coefficient (Wildman–Crippen LogP) is 6.30. The molecule has 0 atom stereocenters. The van der Waals surface area contributed by atoms with Gasteiger partial charge >= 0.3 is 0 Å². The number of rotatable bonds is 6. The molecule has 0 heterocycles. The lowest BCUT2D eigenvalue weighted by atomic mass is 9.81. The average molecular weight is 405 g/mol. The van der Waals surface area contributed by atoms with Crippen LogP contribution in [0.15, 0.2) is 66.7 Å². The molecule has 30 heavy (non-hydrogen) atoms. The molecule has 4 N–H and O–H groups in total. The Kier molecular flexibility index (Phi) is 5.97. The fraction of sp³-hybridized carbons (Fsp3) is 0.308. The zero-order valence-corrected chi connectivity index (χ0v) is 18.5. The lowest BCUT2D eigenvalue weighted by molar-refractivity contribution is 0.237. The van der Waals surface area contributed by atoms with Gasteiger partial charge in [0.05, 0.1) is 6.61 Å². The summed E-state index contributed by atoms with van der Waals surface area (Å²) in [6, 6.07) is 21.4. The molecule has 0 saturated heterocycles. The number of hydrogen-bond acceptors (Lipinski definition) is 4. The van der Waals surface area contributed by atoms with Crippen molar-refractivity contribution < 1.29 is 9.47 Å². The first-order chi connectivity index (χ1) is 14.0. The van der Waals surface area contributed by atoms with E-state index in [4.69, 9.17) is 20.9 Å². The van der Waals surface area contributed by atoms with Gasteiger partial charge in [0.1, 0.15) is 17.2 Å². The summed E-state index contributed by atoms with van der Waals surface area (Å²) in [5.41, 5.74) is 15.1. The molecule has 3 aromatic rings. The number of nitrogen functional groups attached to an aromatic ring is 2. The SMILES string of the molecule is CC(C)(C)c1ccc(C(C)(C)COc2ccc(N)cc2)c(Oc2ccc(N)cc2)c1. The molecule has 4 heteroatoms. The smallest absolute Gasteiger partial charge is 0.131 e. The highest BCUT2D eigenvalue weighted by atomic mass is 16.5. The van der Waals surface area contributed by atoms with Gasteiger partial charge in [-0.3, -0.25) is 0 Å². The second-order valence-electron chi connectivity index (χ2n) is 9.37. The molecule has 0 unspecified atom stereocenters. The van der Waals surface area contributed by atoms with Crippen LogP contribution in [0, 0.1) is 0 Å². The molecule has 3 aromatic carbocycles. The van der Waals surface area contributed by atoms with E-state index in [-0.39, 0.29) is 10.8 Å². The van der Waals surface area contributed by atoms with Gasteiger partial charge in [-0.2, -0.15) is 0 Å². The molecule has 0 bridgehead atoms. The molecular formula is C26H32N2O2. The predicted molar refractivity (Wildman–Crippen MR) is 125 cm³/mol. The summed E-state index contributed by atoms with van der Waals surface area (Å²) >= 11 is 0. The van der Waals surface area contributed by atoms with Gasteiger partial charge in [-0.25, -0.2) is 0 Å². The molecule has 0 aromatic heterocycles. The maximum Gasteiger partial charge on any atom is 0.131 e. The number of hydrogen-bond donors (Lipinski definition) is 2. The zero-order chi connectivity index (χ0) is 21.9. The summed E-state index contributed by atoms with van der Waals surface area (Å²) in [7, 11) is 0. The van der Waals surface area contributed by atoms with Gasteiger partial charge < -0.3 is 20.9 Å². The van der Waals surface area contributed by atoms with Crippen molar-refractivity contribution in [1.29, 1.82) is 0 Å². The van der Waals surface area contributed by atoms with Crippen LogP contribution in [0.25, 0.3) is 0 Å². The monoisotopic (exact) mass is 404 g/mol. The molecule has 0 saturated carbocycles. The van der Waals surface area contributed by atoms with Crippen LogP contribution in [0.5, 0.6) is 17.2 Å². The van der Waals surface area contributed by atoms with E-state index >= 15 is 0 Å². The van der Waals surface area contributed by atoms with Gasteiger partial charge in [0, 0.05) is 22.4 Å². The van der Waals surface area contributed by atoms with E-state index in [1.54, 1.807) is 0 Å². The van der Waals surface area contributed by atoms with Crippen molar-refractivity contribution >= 4 is 11.4 Å². The Morgan fingerprint density at radius 1 is 0.700 bits per heavy atom. The maximum atomic E-state index is 6.33. The van der Waals surface area contributed by atoms with E-state index < -0.39 is 0 Å². The van der Waals surface area contributed by atoms with E-state index in [1.165, 1.54) is 5.56 Å². The van der Waals surface area contributed by atoms with E-state index in [1.807, 2.05) is 48.5 Å². The Morgan fingerprint density at radius 2 is 1.23 bits per heavy atom. The highest BCUT2D eigenvalue weighted by Gasteiger charge is 2.28. The van der Waals surface area contributed by atoms with Crippen molar-refractivity contribution in [1.82, 2.24) is 0 Å². The molecule has 3 rings (SSSR count). The third-order valence-corrected chi connectivity index (χ3v) is 5.16. The molecule has 0 radical (unpaired) electrons. The molecule has 0 aliphatic heterocycles. The van der Waals surface area contributed by atoms with Crippen LogP contribution in [0.1, 0.15) is 45.7 Å². The summed E-state index contributed by atoms with van der Waals surface area (Å²) in [5, 5.41) is 0. The number of ether oxygens (including phenoxy) is 2. The van der Waals surface area contributed by atoms with Crippen LogP contribution in [0.3, 0.4) is 0 Å². The first-order valence-corrected chi connectivity index (χ1v) is 10.2. The second kappa shape index (κ2) is 8.31. The van der Waals surface area contributed by atoms with Crippen molar-refractivity contribution in [2.24, 2.45) is 0 Å². The van der Waals surface area contributed by atoms with E-state index in [9.17, 15) is 0 Å². The van der Waals surface area contributed by atoms with E-state index in [0.29, 0.717) is 12.3 Å². The normalized spacial score (nSPS) is 11.9.